The average molecular weight is 233 g/mol. The Bertz CT molecular complexity index is 419. The number of nitrogens with one attached hydrogen (secondary N) is 2. The van der Waals surface area contributed by atoms with Crippen molar-refractivity contribution in [2.24, 2.45) is 5.92 Å². The standard InChI is InChI=1S/C13H16FN3/c14-12-3-4-13(11(6-12)7-15)17-9-10-2-1-5-16-8-10/h3-4,6,10,16-17H,1-2,5,8-9H2. The molecule has 1 aromatic rings. The third-order valence-electron chi connectivity index (χ3n) is 3.08. The lowest BCUT2D eigenvalue weighted by molar-refractivity contribution is 0.393. The average Bonchev–Trinajstić information content (AvgIpc) is 2.38. The summed E-state index contributed by atoms with van der Waals surface area (Å²) in [4.78, 5) is 0. The molecule has 1 aliphatic heterocycles. The molecule has 2 rings (SSSR count). The van der Waals surface area contributed by atoms with Crippen LogP contribution in [0.25, 0.3) is 0 Å². The smallest absolute Gasteiger partial charge is 0.124 e. The Morgan fingerprint density at radius 1 is 1.53 bits per heavy atom. The van der Waals surface area contributed by atoms with Crippen molar-refractivity contribution in [3.8, 4) is 6.07 Å². The van der Waals surface area contributed by atoms with E-state index >= 15 is 0 Å². The van der Waals surface area contributed by atoms with E-state index in [1.54, 1.807) is 6.07 Å². The predicted octanol–water partition coefficient (Wildman–Crippen LogP) is 2.11. The van der Waals surface area contributed by atoms with E-state index in [2.05, 4.69) is 10.6 Å². The van der Waals surface area contributed by atoms with Crippen LogP contribution < -0.4 is 10.6 Å². The molecule has 4 heteroatoms. The SMILES string of the molecule is N#Cc1cc(F)ccc1NCC1CCCNC1. The zero-order valence-corrected chi connectivity index (χ0v) is 9.67. The molecule has 0 aromatic heterocycles. The van der Waals surface area contributed by atoms with Gasteiger partial charge in [0.05, 0.1) is 11.3 Å². The molecule has 0 saturated carbocycles. The van der Waals surface area contributed by atoms with Gasteiger partial charge in [-0.05, 0) is 50.0 Å². The minimum Gasteiger partial charge on any atom is -0.384 e. The van der Waals surface area contributed by atoms with Gasteiger partial charge in [-0.2, -0.15) is 5.26 Å². The first-order valence-electron chi connectivity index (χ1n) is 5.94. The predicted molar refractivity (Wildman–Crippen MR) is 65.2 cm³/mol. The number of benzene rings is 1. The number of hydrogen-bond donors (Lipinski definition) is 2. The van der Waals surface area contributed by atoms with Gasteiger partial charge in [-0.25, -0.2) is 4.39 Å². The van der Waals surface area contributed by atoms with Gasteiger partial charge in [0.2, 0.25) is 0 Å². The molecule has 0 aliphatic carbocycles. The molecule has 1 aromatic carbocycles. The van der Waals surface area contributed by atoms with Crippen molar-refractivity contribution in [3.05, 3.63) is 29.6 Å². The van der Waals surface area contributed by atoms with E-state index in [0.717, 1.165) is 25.3 Å². The Kier molecular flexibility index (Phi) is 3.94. The molecule has 1 unspecified atom stereocenters. The summed E-state index contributed by atoms with van der Waals surface area (Å²) in [6.45, 7) is 2.93. The Labute approximate surface area is 101 Å². The van der Waals surface area contributed by atoms with Crippen LogP contribution in [0.4, 0.5) is 10.1 Å². The summed E-state index contributed by atoms with van der Waals surface area (Å²) >= 11 is 0. The second-order valence-corrected chi connectivity index (χ2v) is 4.39. The topological polar surface area (TPSA) is 47.9 Å². The molecule has 1 aliphatic rings. The summed E-state index contributed by atoms with van der Waals surface area (Å²) in [6.07, 6.45) is 2.39. The van der Waals surface area contributed by atoms with Gasteiger partial charge in [-0.3, -0.25) is 0 Å². The van der Waals surface area contributed by atoms with Crippen LogP contribution in [0.15, 0.2) is 18.2 Å². The van der Waals surface area contributed by atoms with Crippen LogP contribution in [0.3, 0.4) is 0 Å². The monoisotopic (exact) mass is 233 g/mol. The minimum absolute atomic E-state index is 0.369. The van der Waals surface area contributed by atoms with Gasteiger partial charge in [0.1, 0.15) is 11.9 Å². The molecule has 1 saturated heterocycles. The Hall–Kier alpha value is -1.60. The highest BCUT2D eigenvalue weighted by atomic mass is 19.1. The second-order valence-electron chi connectivity index (χ2n) is 4.39. The highest BCUT2D eigenvalue weighted by Gasteiger charge is 2.13. The highest BCUT2D eigenvalue weighted by Crippen LogP contribution is 2.17. The quantitative estimate of drug-likeness (QED) is 0.840. The molecule has 1 atom stereocenters. The van der Waals surface area contributed by atoms with Crippen LogP contribution in [0.5, 0.6) is 0 Å². The molecule has 1 fully saturated rings. The Balaban J connectivity index is 1.96. The lowest BCUT2D eigenvalue weighted by Crippen LogP contribution is -2.33. The Morgan fingerprint density at radius 3 is 3.12 bits per heavy atom. The van der Waals surface area contributed by atoms with Crippen LogP contribution in [0.2, 0.25) is 0 Å². The lowest BCUT2D eigenvalue weighted by Gasteiger charge is -2.23. The molecule has 2 N–H and O–H groups in total. The molecule has 0 amide bonds. The fourth-order valence-electron chi connectivity index (χ4n) is 2.12. The molecule has 90 valence electrons. The van der Waals surface area contributed by atoms with Crippen molar-refractivity contribution < 1.29 is 4.39 Å². The van der Waals surface area contributed by atoms with Gasteiger partial charge in [-0.15, -0.1) is 0 Å². The van der Waals surface area contributed by atoms with Crippen LogP contribution in [-0.4, -0.2) is 19.6 Å². The van der Waals surface area contributed by atoms with E-state index in [9.17, 15) is 4.39 Å². The highest BCUT2D eigenvalue weighted by molar-refractivity contribution is 5.57. The van der Waals surface area contributed by atoms with Crippen molar-refractivity contribution in [1.82, 2.24) is 5.32 Å². The fourth-order valence-corrected chi connectivity index (χ4v) is 2.12. The van der Waals surface area contributed by atoms with E-state index < -0.39 is 0 Å². The van der Waals surface area contributed by atoms with Crippen LogP contribution in [0, 0.1) is 23.1 Å². The molecule has 0 radical (unpaired) electrons. The summed E-state index contributed by atoms with van der Waals surface area (Å²) in [5.41, 5.74) is 1.09. The zero-order chi connectivity index (χ0) is 12.1. The first kappa shape index (κ1) is 11.9. The zero-order valence-electron chi connectivity index (χ0n) is 9.67. The Morgan fingerprint density at radius 2 is 2.41 bits per heavy atom. The van der Waals surface area contributed by atoms with E-state index in [1.165, 1.54) is 25.0 Å². The van der Waals surface area contributed by atoms with Gasteiger partial charge >= 0.3 is 0 Å². The van der Waals surface area contributed by atoms with Crippen LogP contribution in [-0.2, 0) is 0 Å². The number of nitriles is 1. The van der Waals surface area contributed by atoms with E-state index in [1.807, 2.05) is 6.07 Å². The van der Waals surface area contributed by atoms with Crippen molar-refractivity contribution in [3.63, 3.8) is 0 Å². The van der Waals surface area contributed by atoms with Crippen molar-refractivity contribution in [1.29, 1.82) is 5.26 Å². The van der Waals surface area contributed by atoms with Gasteiger partial charge in [0.15, 0.2) is 0 Å². The summed E-state index contributed by atoms with van der Waals surface area (Å²) in [6, 6.07) is 6.28. The third-order valence-corrected chi connectivity index (χ3v) is 3.08. The van der Waals surface area contributed by atoms with Crippen molar-refractivity contribution >= 4 is 5.69 Å². The summed E-state index contributed by atoms with van der Waals surface area (Å²) in [7, 11) is 0. The van der Waals surface area contributed by atoms with Gasteiger partial charge in [0.25, 0.3) is 0 Å². The molecular formula is C13H16FN3. The summed E-state index contributed by atoms with van der Waals surface area (Å²) in [5.74, 6) is 0.215. The van der Waals surface area contributed by atoms with Crippen LogP contribution in [0.1, 0.15) is 18.4 Å². The van der Waals surface area contributed by atoms with Crippen molar-refractivity contribution in [2.75, 3.05) is 25.0 Å². The molecule has 0 spiro atoms. The number of nitrogens with zero attached hydrogens (tertiary/aromatic N) is 1. The third kappa shape index (κ3) is 3.18. The summed E-state index contributed by atoms with van der Waals surface area (Å²) in [5, 5.41) is 15.5. The number of rotatable bonds is 3. The van der Waals surface area contributed by atoms with Crippen LogP contribution >= 0.6 is 0 Å². The number of piperidine rings is 1. The number of hydrogen-bond acceptors (Lipinski definition) is 3. The molecular weight excluding hydrogens is 217 g/mol. The van der Waals surface area contributed by atoms with Gasteiger partial charge in [-0.1, -0.05) is 0 Å². The van der Waals surface area contributed by atoms with E-state index in [4.69, 9.17) is 5.26 Å². The van der Waals surface area contributed by atoms with Gasteiger partial charge in [0, 0.05) is 6.54 Å². The molecule has 3 nitrogen and oxygen atoms in total. The normalized spacial score (nSPS) is 19.6. The lowest BCUT2D eigenvalue weighted by atomic mass is 9.99. The first-order chi connectivity index (χ1) is 8.29. The van der Waals surface area contributed by atoms with Crippen molar-refractivity contribution in [2.45, 2.75) is 12.8 Å². The summed E-state index contributed by atoms with van der Waals surface area (Å²) < 4.78 is 12.9. The van der Waals surface area contributed by atoms with Gasteiger partial charge < -0.3 is 10.6 Å². The molecule has 17 heavy (non-hydrogen) atoms. The maximum absolute atomic E-state index is 12.9. The first-order valence-corrected chi connectivity index (χ1v) is 5.94. The largest absolute Gasteiger partial charge is 0.384 e. The minimum atomic E-state index is -0.369. The maximum Gasteiger partial charge on any atom is 0.124 e. The fraction of sp³-hybridized carbons (Fsp3) is 0.462. The molecule has 0 bridgehead atoms. The second kappa shape index (κ2) is 5.65. The number of anilines is 1. The van der Waals surface area contributed by atoms with E-state index in [-0.39, 0.29) is 5.82 Å². The number of halogens is 1. The maximum atomic E-state index is 12.9. The van der Waals surface area contributed by atoms with E-state index in [0.29, 0.717) is 11.5 Å². The molecule has 1 heterocycles.